The number of nitrogens with one attached hydrogen (secondary N) is 1. The molecule has 1 aliphatic rings. The third kappa shape index (κ3) is 2.48. The average Bonchev–Trinajstić information content (AvgIpc) is 2.33. The van der Waals surface area contributed by atoms with Gasteiger partial charge in [0.25, 0.3) is 0 Å². The number of rotatable bonds is 4. The maximum Gasteiger partial charge on any atom is 0.329 e. The summed E-state index contributed by atoms with van der Waals surface area (Å²) in [7, 11) is 1.66. The molecule has 1 fully saturated rings. The molecule has 1 saturated carbocycles. The van der Waals surface area contributed by atoms with Crippen LogP contribution >= 0.6 is 11.6 Å². The van der Waals surface area contributed by atoms with Gasteiger partial charge < -0.3 is 10.1 Å². The summed E-state index contributed by atoms with van der Waals surface area (Å²) in [6.07, 6.45) is 2.00. The topological polar surface area (TPSA) is 90.2 Å². The summed E-state index contributed by atoms with van der Waals surface area (Å²) < 4.78 is 5.34. The second kappa shape index (κ2) is 4.90. The monoisotopic (exact) mass is 286 g/mol. The number of nitro groups is 1. The fourth-order valence-corrected chi connectivity index (χ4v) is 2.42. The molecule has 104 valence electrons. The van der Waals surface area contributed by atoms with E-state index in [4.69, 9.17) is 16.3 Å². The quantitative estimate of drug-likeness (QED) is 0.519. The van der Waals surface area contributed by atoms with E-state index in [-0.39, 0.29) is 34.3 Å². The number of anilines is 1. The van der Waals surface area contributed by atoms with Crippen LogP contribution in [0.25, 0.3) is 0 Å². The molecule has 8 heteroatoms. The van der Waals surface area contributed by atoms with Crippen molar-refractivity contribution in [2.45, 2.75) is 32.4 Å². The molecule has 1 aliphatic carbocycles. The molecule has 7 nitrogen and oxygen atoms in total. The van der Waals surface area contributed by atoms with Gasteiger partial charge in [-0.15, -0.1) is 0 Å². The van der Waals surface area contributed by atoms with Gasteiger partial charge >= 0.3 is 5.69 Å². The fraction of sp³-hybridized carbons (Fsp3) is 0.636. The standard InChI is InChI=1S/C11H15ClN4O3/c1-11(2)7(4-8(11)19-3)14-9-6(16(17)18)5-13-10(12)15-9/h5,7-8H,4H2,1-3H3,(H,13,14,15). The Labute approximate surface area is 115 Å². The highest BCUT2D eigenvalue weighted by atomic mass is 35.5. The van der Waals surface area contributed by atoms with Gasteiger partial charge in [0.15, 0.2) is 0 Å². The minimum Gasteiger partial charge on any atom is -0.381 e. The van der Waals surface area contributed by atoms with Crippen molar-refractivity contribution in [3.8, 4) is 0 Å². The first-order valence-corrected chi connectivity index (χ1v) is 6.20. The molecule has 2 unspecified atom stereocenters. The van der Waals surface area contributed by atoms with Gasteiger partial charge in [-0.25, -0.2) is 4.98 Å². The van der Waals surface area contributed by atoms with Crippen LogP contribution in [0, 0.1) is 15.5 Å². The molecule has 0 amide bonds. The van der Waals surface area contributed by atoms with Crippen LogP contribution in [-0.2, 0) is 4.74 Å². The van der Waals surface area contributed by atoms with E-state index < -0.39 is 4.92 Å². The minimum absolute atomic E-state index is 0.0199. The number of halogens is 1. The zero-order valence-electron chi connectivity index (χ0n) is 10.9. The molecule has 0 aromatic carbocycles. The van der Waals surface area contributed by atoms with Crippen molar-refractivity contribution in [2.24, 2.45) is 5.41 Å². The molecule has 2 atom stereocenters. The molecule has 19 heavy (non-hydrogen) atoms. The maximum absolute atomic E-state index is 10.9. The van der Waals surface area contributed by atoms with E-state index in [1.807, 2.05) is 13.8 Å². The van der Waals surface area contributed by atoms with Crippen molar-refractivity contribution < 1.29 is 9.66 Å². The smallest absolute Gasteiger partial charge is 0.329 e. The lowest BCUT2D eigenvalue weighted by atomic mass is 9.64. The SMILES string of the molecule is COC1CC(Nc2nc(Cl)ncc2[N+](=O)[O-])C1(C)C. The Kier molecular flexibility index (Phi) is 3.60. The van der Waals surface area contributed by atoms with Gasteiger partial charge in [0.05, 0.1) is 11.0 Å². The van der Waals surface area contributed by atoms with Gasteiger partial charge in [0.1, 0.15) is 6.20 Å². The van der Waals surface area contributed by atoms with Gasteiger partial charge in [-0.3, -0.25) is 10.1 Å². The van der Waals surface area contributed by atoms with Crippen molar-refractivity contribution in [2.75, 3.05) is 12.4 Å². The predicted molar refractivity (Wildman–Crippen MR) is 70.3 cm³/mol. The molecule has 1 N–H and O–H groups in total. The summed E-state index contributed by atoms with van der Waals surface area (Å²) in [6, 6.07) is 0.0436. The average molecular weight is 287 g/mol. The number of nitrogens with zero attached hydrogens (tertiary/aromatic N) is 3. The van der Waals surface area contributed by atoms with Crippen molar-refractivity contribution in [3.05, 3.63) is 21.6 Å². The molecule has 1 heterocycles. The van der Waals surface area contributed by atoms with Crippen molar-refractivity contribution in [1.82, 2.24) is 9.97 Å². The summed E-state index contributed by atoms with van der Waals surface area (Å²) in [6.45, 7) is 4.08. The first kappa shape index (κ1) is 14.0. The summed E-state index contributed by atoms with van der Waals surface area (Å²) in [5.41, 5.74) is -0.305. The third-order valence-corrected chi connectivity index (χ3v) is 3.89. The lowest BCUT2D eigenvalue weighted by Gasteiger charge is -2.51. The highest BCUT2D eigenvalue weighted by Crippen LogP contribution is 2.44. The van der Waals surface area contributed by atoms with Crippen molar-refractivity contribution >= 4 is 23.1 Å². The van der Waals surface area contributed by atoms with E-state index in [0.717, 1.165) is 12.6 Å². The van der Waals surface area contributed by atoms with Crippen LogP contribution in [0.2, 0.25) is 5.28 Å². The Bertz CT molecular complexity index is 509. The molecule has 0 radical (unpaired) electrons. The Morgan fingerprint density at radius 3 is 2.84 bits per heavy atom. The molecule has 1 aromatic rings. The first-order chi connectivity index (χ1) is 8.86. The van der Waals surface area contributed by atoms with Crippen LogP contribution in [0.3, 0.4) is 0 Å². The molecule has 0 aliphatic heterocycles. The highest BCUT2D eigenvalue weighted by Gasteiger charge is 2.49. The zero-order chi connectivity index (χ0) is 14.2. The van der Waals surface area contributed by atoms with Crippen molar-refractivity contribution in [3.63, 3.8) is 0 Å². The molecular formula is C11H15ClN4O3. The molecule has 2 rings (SSSR count). The number of hydrogen-bond acceptors (Lipinski definition) is 6. The second-order valence-electron chi connectivity index (χ2n) is 5.11. The van der Waals surface area contributed by atoms with Gasteiger partial charge in [0.2, 0.25) is 11.1 Å². The molecule has 1 aromatic heterocycles. The molecule has 0 bridgehead atoms. The van der Waals surface area contributed by atoms with Crippen LogP contribution < -0.4 is 5.32 Å². The van der Waals surface area contributed by atoms with Crippen LogP contribution in [0.15, 0.2) is 6.20 Å². The second-order valence-corrected chi connectivity index (χ2v) is 5.45. The lowest BCUT2D eigenvalue weighted by molar-refractivity contribution is -0.384. The molecular weight excluding hydrogens is 272 g/mol. The Morgan fingerprint density at radius 1 is 1.63 bits per heavy atom. The summed E-state index contributed by atoms with van der Waals surface area (Å²) >= 11 is 5.68. The van der Waals surface area contributed by atoms with E-state index >= 15 is 0 Å². The summed E-state index contributed by atoms with van der Waals surface area (Å²) in [5, 5.41) is 14.0. The first-order valence-electron chi connectivity index (χ1n) is 5.82. The highest BCUT2D eigenvalue weighted by molar-refractivity contribution is 6.28. The summed E-state index contributed by atoms with van der Waals surface area (Å²) in [4.78, 5) is 17.9. The number of hydrogen-bond donors (Lipinski definition) is 1. The Balaban J connectivity index is 2.21. The number of ether oxygens (including phenoxy) is 1. The van der Waals surface area contributed by atoms with Crippen LogP contribution in [0.1, 0.15) is 20.3 Å². The van der Waals surface area contributed by atoms with Gasteiger partial charge in [-0.05, 0) is 18.0 Å². The van der Waals surface area contributed by atoms with Crippen LogP contribution in [0.5, 0.6) is 0 Å². The number of methoxy groups -OCH3 is 1. The van der Waals surface area contributed by atoms with Crippen LogP contribution in [0.4, 0.5) is 11.5 Å². The lowest BCUT2D eigenvalue weighted by Crippen LogP contribution is -2.57. The van der Waals surface area contributed by atoms with Crippen molar-refractivity contribution in [1.29, 1.82) is 0 Å². The minimum atomic E-state index is -0.530. The third-order valence-electron chi connectivity index (χ3n) is 3.71. The molecule has 0 saturated heterocycles. The van der Waals surface area contributed by atoms with E-state index in [9.17, 15) is 10.1 Å². The largest absolute Gasteiger partial charge is 0.381 e. The fourth-order valence-electron chi connectivity index (χ4n) is 2.29. The van der Waals surface area contributed by atoms with Crippen LogP contribution in [-0.4, -0.2) is 34.1 Å². The zero-order valence-corrected chi connectivity index (χ0v) is 11.6. The van der Waals surface area contributed by atoms with Gasteiger partial charge in [-0.1, -0.05) is 13.8 Å². The van der Waals surface area contributed by atoms with E-state index in [1.165, 1.54) is 0 Å². The Morgan fingerprint density at radius 2 is 2.32 bits per heavy atom. The maximum atomic E-state index is 10.9. The Hall–Kier alpha value is -1.47. The van der Waals surface area contributed by atoms with E-state index in [2.05, 4.69) is 15.3 Å². The predicted octanol–water partition coefficient (Wildman–Crippen LogP) is 2.26. The van der Waals surface area contributed by atoms with E-state index in [0.29, 0.717) is 0 Å². The normalized spacial score (nSPS) is 24.6. The summed E-state index contributed by atoms with van der Waals surface area (Å²) in [5.74, 6) is 0.151. The molecule has 0 spiro atoms. The number of aromatic nitrogens is 2. The van der Waals surface area contributed by atoms with Gasteiger partial charge in [0, 0.05) is 18.6 Å². The van der Waals surface area contributed by atoms with E-state index in [1.54, 1.807) is 7.11 Å². The van der Waals surface area contributed by atoms with Gasteiger partial charge in [-0.2, -0.15) is 4.98 Å².